The largest absolute Gasteiger partial charge is 0.349 e. The van der Waals surface area contributed by atoms with Crippen LogP contribution in [0.1, 0.15) is 48.0 Å². The Morgan fingerprint density at radius 3 is 2.45 bits per heavy atom. The lowest BCUT2D eigenvalue weighted by Crippen LogP contribution is -2.37. The quantitative estimate of drug-likeness (QED) is 0.411. The average Bonchev–Trinajstić information content (AvgIpc) is 2.75. The number of nitrogens with one attached hydrogen (secondary N) is 3. The number of hydrogen-bond donors (Lipinski definition) is 3. The Hall–Kier alpha value is -3.55. The van der Waals surface area contributed by atoms with Crippen LogP contribution in [0.4, 0.5) is 5.69 Å². The number of benzene rings is 1. The van der Waals surface area contributed by atoms with Gasteiger partial charge in [-0.2, -0.15) is 5.10 Å². The second-order valence-electron chi connectivity index (χ2n) is 6.79. The SMILES string of the molecule is O=C(N/N=C\c1ccncc1)C(=O)Nc1ccccc1C(=O)NC1CCCCC1. The first-order valence-electron chi connectivity index (χ1n) is 9.58. The molecule has 150 valence electrons. The molecule has 1 saturated carbocycles. The molecule has 0 unspecified atom stereocenters. The second kappa shape index (κ2) is 10.1. The van der Waals surface area contributed by atoms with E-state index >= 15 is 0 Å². The summed E-state index contributed by atoms with van der Waals surface area (Å²) in [7, 11) is 0. The van der Waals surface area contributed by atoms with Gasteiger partial charge in [-0.1, -0.05) is 31.4 Å². The molecule has 0 radical (unpaired) electrons. The van der Waals surface area contributed by atoms with E-state index in [1.165, 1.54) is 12.6 Å². The maximum atomic E-state index is 12.6. The van der Waals surface area contributed by atoms with Crippen molar-refractivity contribution in [1.82, 2.24) is 15.7 Å². The van der Waals surface area contributed by atoms with Crippen molar-refractivity contribution in [3.63, 3.8) is 0 Å². The standard InChI is InChI=1S/C21H23N5O3/c27-19(24-16-6-2-1-3-7-16)17-8-4-5-9-18(17)25-20(28)21(29)26-23-14-15-10-12-22-13-11-15/h4-5,8-14,16H,1-3,6-7H2,(H,24,27)(H,25,28)(H,26,29)/b23-14-. The molecule has 29 heavy (non-hydrogen) atoms. The van der Waals surface area contributed by atoms with Gasteiger partial charge in [-0.25, -0.2) is 5.43 Å². The molecule has 8 heteroatoms. The highest BCUT2D eigenvalue weighted by molar-refractivity contribution is 6.40. The van der Waals surface area contributed by atoms with Gasteiger partial charge in [0.2, 0.25) is 0 Å². The van der Waals surface area contributed by atoms with E-state index in [2.05, 4.69) is 26.1 Å². The number of nitrogens with zero attached hydrogens (tertiary/aromatic N) is 2. The summed E-state index contributed by atoms with van der Waals surface area (Å²) in [6.07, 6.45) is 9.88. The normalized spacial score (nSPS) is 14.3. The van der Waals surface area contributed by atoms with Crippen LogP contribution < -0.4 is 16.1 Å². The van der Waals surface area contributed by atoms with E-state index in [1.807, 2.05) is 0 Å². The average molecular weight is 393 g/mol. The van der Waals surface area contributed by atoms with Crippen LogP contribution in [0.5, 0.6) is 0 Å². The molecule has 2 aromatic rings. The van der Waals surface area contributed by atoms with Crippen LogP contribution in [0.2, 0.25) is 0 Å². The van der Waals surface area contributed by atoms with Gasteiger partial charge < -0.3 is 10.6 Å². The third kappa shape index (κ3) is 5.97. The van der Waals surface area contributed by atoms with E-state index in [9.17, 15) is 14.4 Å². The number of hydrazone groups is 1. The Labute approximate surface area is 168 Å². The topological polar surface area (TPSA) is 113 Å². The summed E-state index contributed by atoms with van der Waals surface area (Å²) in [5.74, 6) is -2.10. The van der Waals surface area contributed by atoms with E-state index in [0.29, 0.717) is 5.56 Å². The zero-order valence-corrected chi connectivity index (χ0v) is 15.9. The monoisotopic (exact) mass is 393 g/mol. The third-order valence-corrected chi connectivity index (χ3v) is 4.65. The molecular formula is C21H23N5O3. The number of rotatable bonds is 5. The molecule has 1 aliphatic rings. The highest BCUT2D eigenvalue weighted by atomic mass is 16.2. The molecule has 3 rings (SSSR count). The van der Waals surface area contributed by atoms with Crippen LogP contribution in [0.25, 0.3) is 0 Å². The van der Waals surface area contributed by atoms with Crippen LogP contribution in [0.15, 0.2) is 53.9 Å². The summed E-state index contributed by atoms with van der Waals surface area (Å²) in [6.45, 7) is 0. The molecule has 0 saturated heterocycles. The zero-order chi connectivity index (χ0) is 20.5. The molecule has 3 N–H and O–H groups in total. The third-order valence-electron chi connectivity index (χ3n) is 4.65. The molecule has 1 fully saturated rings. The van der Waals surface area contributed by atoms with Crippen molar-refractivity contribution in [2.45, 2.75) is 38.1 Å². The molecule has 0 aliphatic heterocycles. The lowest BCUT2D eigenvalue weighted by atomic mass is 9.95. The van der Waals surface area contributed by atoms with Gasteiger partial charge in [-0.05, 0) is 42.7 Å². The minimum atomic E-state index is -0.933. The number of carbonyl (C=O) groups excluding carboxylic acids is 3. The van der Waals surface area contributed by atoms with E-state index in [-0.39, 0.29) is 17.6 Å². The highest BCUT2D eigenvalue weighted by Gasteiger charge is 2.20. The van der Waals surface area contributed by atoms with Crippen molar-refractivity contribution in [1.29, 1.82) is 0 Å². The van der Waals surface area contributed by atoms with Crippen LogP contribution in [0, 0.1) is 0 Å². The molecule has 3 amide bonds. The Kier molecular flexibility index (Phi) is 7.05. The number of anilines is 1. The molecule has 1 aromatic heterocycles. The van der Waals surface area contributed by atoms with Crippen molar-refractivity contribution in [2.75, 3.05) is 5.32 Å². The summed E-state index contributed by atoms with van der Waals surface area (Å²) in [6, 6.07) is 10.2. The highest BCUT2D eigenvalue weighted by Crippen LogP contribution is 2.20. The fourth-order valence-electron chi connectivity index (χ4n) is 3.14. The zero-order valence-electron chi connectivity index (χ0n) is 15.9. The van der Waals surface area contributed by atoms with Crippen molar-refractivity contribution < 1.29 is 14.4 Å². The molecule has 1 aromatic carbocycles. The number of carbonyl (C=O) groups is 3. The Bertz CT molecular complexity index is 892. The molecule has 0 atom stereocenters. The fraction of sp³-hybridized carbons (Fsp3) is 0.286. The van der Waals surface area contributed by atoms with Crippen molar-refractivity contribution in [3.05, 3.63) is 59.9 Å². The maximum Gasteiger partial charge on any atom is 0.329 e. The minimum absolute atomic E-state index is 0.144. The van der Waals surface area contributed by atoms with E-state index in [4.69, 9.17) is 0 Å². The van der Waals surface area contributed by atoms with Gasteiger partial charge in [0, 0.05) is 18.4 Å². The summed E-state index contributed by atoms with van der Waals surface area (Å²) in [5.41, 5.74) is 3.49. The molecule has 0 bridgehead atoms. The Morgan fingerprint density at radius 2 is 1.69 bits per heavy atom. The lowest BCUT2D eigenvalue weighted by molar-refractivity contribution is -0.136. The van der Waals surface area contributed by atoms with E-state index in [0.717, 1.165) is 31.2 Å². The predicted molar refractivity (Wildman–Crippen MR) is 109 cm³/mol. The minimum Gasteiger partial charge on any atom is -0.349 e. The summed E-state index contributed by atoms with van der Waals surface area (Å²) in [4.78, 5) is 40.7. The van der Waals surface area contributed by atoms with Gasteiger partial charge in [0.05, 0.1) is 17.5 Å². The second-order valence-corrected chi connectivity index (χ2v) is 6.79. The number of amides is 3. The number of hydrogen-bond acceptors (Lipinski definition) is 5. The Morgan fingerprint density at radius 1 is 0.966 bits per heavy atom. The molecular weight excluding hydrogens is 370 g/mol. The van der Waals surface area contributed by atoms with Gasteiger partial charge in [-0.3, -0.25) is 19.4 Å². The van der Waals surface area contributed by atoms with Gasteiger partial charge >= 0.3 is 11.8 Å². The number of pyridine rings is 1. The molecule has 1 heterocycles. The van der Waals surface area contributed by atoms with Crippen LogP contribution in [0.3, 0.4) is 0 Å². The predicted octanol–water partition coefficient (Wildman–Crippen LogP) is 2.23. The Balaban J connectivity index is 1.59. The van der Waals surface area contributed by atoms with Crippen LogP contribution in [-0.2, 0) is 9.59 Å². The van der Waals surface area contributed by atoms with Crippen molar-refractivity contribution >= 4 is 29.6 Å². The smallest absolute Gasteiger partial charge is 0.329 e. The summed E-state index contributed by atoms with van der Waals surface area (Å²) < 4.78 is 0. The van der Waals surface area contributed by atoms with Crippen molar-refractivity contribution in [2.24, 2.45) is 5.10 Å². The first-order valence-corrected chi connectivity index (χ1v) is 9.58. The van der Waals surface area contributed by atoms with Crippen molar-refractivity contribution in [3.8, 4) is 0 Å². The van der Waals surface area contributed by atoms with Crippen LogP contribution >= 0.6 is 0 Å². The van der Waals surface area contributed by atoms with Crippen LogP contribution in [-0.4, -0.2) is 35.0 Å². The first kappa shape index (κ1) is 20.2. The number of aromatic nitrogens is 1. The van der Waals surface area contributed by atoms with E-state index in [1.54, 1.807) is 48.8 Å². The van der Waals surface area contributed by atoms with Gasteiger partial charge in [0.1, 0.15) is 0 Å². The fourth-order valence-corrected chi connectivity index (χ4v) is 3.14. The molecule has 1 aliphatic carbocycles. The maximum absolute atomic E-state index is 12.6. The number of para-hydroxylation sites is 1. The molecule has 0 spiro atoms. The summed E-state index contributed by atoms with van der Waals surface area (Å²) in [5, 5.41) is 9.24. The lowest BCUT2D eigenvalue weighted by Gasteiger charge is -2.23. The van der Waals surface area contributed by atoms with Gasteiger partial charge in [-0.15, -0.1) is 0 Å². The van der Waals surface area contributed by atoms with E-state index < -0.39 is 11.8 Å². The van der Waals surface area contributed by atoms with Gasteiger partial charge in [0.25, 0.3) is 5.91 Å². The first-order chi connectivity index (χ1) is 14.1. The molecule has 8 nitrogen and oxygen atoms in total. The van der Waals surface area contributed by atoms with Gasteiger partial charge in [0.15, 0.2) is 0 Å². The summed E-state index contributed by atoms with van der Waals surface area (Å²) >= 11 is 0.